The minimum Gasteiger partial charge on any atom is -0.298 e. The Balaban J connectivity index is 1.96. The number of aryl methyl sites for hydroxylation is 1. The summed E-state index contributed by atoms with van der Waals surface area (Å²) in [7, 11) is -3.57. The molecule has 0 N–H and O–H groups in total. The van der Waals surface area contributed by atoms with Gasteiger partial charge in [-0.05, 0) is 18.4 Å². The minimum absolute atomic E-state index is 0.0155. The van der Waals surface area contributed by atoms with E-state index in [1.807, 2.05) is 30.3 Å². The SMILES string of the molecule is CS(=O)(=O)ON1CC(=O)CC1CCc1ccccc1. The zero-order valence-electron chi connectivity index (χ0n) is 10.8. The molecular formula is C13H17NO4S. The Labute approximate surface area is 113 Å². The van der Waals surface area contributed by atoms with Crippen molar-refractivity contribution in [3.63, 3.8) is 0 Å². The lowest BCUT2D eigenvalue weighted by molar-refractivity contribution is -0.120. The third-order valence-corrected chi connectivity index (χ3v) is 3.51. The van der Waals surface area contributed by atoms with Crippen molar-refractivity contribution in [2.24, 2.45) is 0 Å². The first-order valence-corrected chi connectivity index (χ1v) is 7.97. The molecule has 1 saturated heterocycles. The molecule has 0 bridgehead atoms. The fourth-order valence-electron chi connectivity index (χ4n) is 2.22. The molecule has 1 unspecified atom stereocenters. The smallest absolute Gasteiger partial charge is 0.280 e. The Morgan fingerprint density at radius 1 is 1.32 bits per heavy atom. The summed E-state index contributed by atoms with van der Waals surface area (Å²) in [6, 6.07) is 9.72. The Morgan fingerprint density at radius 3 is 2.63 bits per heavy atom. The summed E-state index contributed by atoms with van der Waals surface area (Å²) in [5.41, 5.74) is 1.17. The quantitative estimate of drug-likeness (QED) is 0.811. The Morgan fingerprint density at radius 2 is 2.00 bits per heavy atom. The highest BCUT2D eigenvalue weighted by Crippen LogP contribution is 2.21. The molecule has 0 spiro atoms. The van der Waals surface area contributed by atoms with Gasteiger partial charge in [-0.2, -0.15) is 17.8 Å². The van der Waals surface area contributed by atoms with Crippen LogP contribution in [-0.4, -0.2) is 38.1 Å². The summed E-state index contributed by atoms with van der Waals surface area (Å²) >= 11 is 0. The number of rotatable bonds is 5. The van der Waals surface area contributed by atoms with E-state index >= 15 is 0 Å². The van der Waals surface area contributed by atoms with E-state index in [0.717, 1.165) is 12.7 Å². The first kappa shape index (κ1) is 14.2. The lowest BCUT2D eigenvalue weighted by atomic mass is 10.0. The van der Waals surface area contributed by atoms with Crippen LogP contribution >= 0.6 is 0 Å². The molecule has 1 aliphatic heterocycles. The van der Waals surface area contributed by atoms with Crippen LogP contribution in [0.1, 0.15) is 18.4 Å². The lowest BCUT2D eigenvalue weighted by Crippen LogP contribution is -2.32. The number of carbonyl (C=O) groups excluding carboxylic acids is 1. The van der Waals surface area contributed by atoms with Crippen molar-refractivity contribution in [3.8, 4) is 0 Å². The van der Waals surface area contributed by atoms with Crippen molar-refractivity contribution in [2.75, 3.05) is 12.8 Å². The molecular weight excluding hydrogens is 266 g/mol. The van der Waals surface area contributed by atoms with Crippen molar-refractivity contribution >= 4 is 15.9 Å². The largest absolute Gasteiger partial charge is 0.298 e. The molecule has 1 aromatic carbocycles. The molecule has 19 heavy (non-hydrogen) atoms. The molecule has 1 fully saturated rings. The molecule has 104 valence electrons. The van der Waals surface area contributed by atoms with Crippen LogP contribution in [0.4, 0.5) is 0 Å². The van der Waals surface area contributed by atoms with E-state index in [9.17, 15) is 13.2 Å². The van der Waals surface area contributed by atoms with E-state index in [1.54, 1.807) is 0 Å². The van der Waals surface area contributed by atoms with E-state index in [0.29, 0.717) is 12.8 Å². The summed E-state index contributed by atoms with van der Waals surface area (Å²) in [5.74, 6) is 0.0155. The van der Waals surface area contributed by atoms with Crippen LogP contribution in [0.3, 0.4) is 0 Å². The summed E-state index contributed by atoms with van der Waals surface area (Å²) in [6.45, 7) is 0.0481. The maximum Gasteiger partial charge on any atom is 0.280 e. The average Bonchev–Trinajstić information content (AvgIpc) is 2.66. The zero-order chi connectivity index (χ0) is 13.9. The van der Waals surface area contributed by atoms with E-state index < -0.39 is 10.1 Å². The second-order valence-corrected chi connectivity index (χ2v) is 6.33. The van der Waals surface area contributed by atoms with Crippen molar-refractivity contribution in [1.82, 2.24) is 5.06 Å². The van der Waals surface area contributed by atoms with Crippen molar-refractivity contribution in [3.05, 3.63) is 35.9 Å². The fourth-order valence-corrected chi connectivity index (χ4v) is 2.74. The number of ketones is 1. The number of hydroxylamine groups is 2. The Kier molecular flexibility index (Phi) is 4.34. The molecule has 0 radical (unpaired) electrons. The Hall–Kier alpha value is -1.24. The van der Waals surface area contributed by atoms with Crippen LogP contribution in [-0.2, 0) is 25.6 Å². The predicted octanol–water partition coefficient (Wildman–Crippen LogP) is 1.15. The molecule has 0 saturated carbocycles. The van der Waals surface area contributed by atoms with Gasteiger partial charge in [-0.1, -0.05) is 30.3 Å². The van der Waals surface area contributed by atoms with Crippen LogP contribution in [0.5, 0.6) is 0 Å². The highest BCUT2D eigenvalue weighted by atomic mass is 32.2. The second kappa shape index (κ2) is 5.81. The molecule has 1 atom stereocenters. The molecule has 0 aromatic heterocycles. The van der Waals surface area contributed by atoms with Gasteiger partial charge < -0.3 is 0 Å². The number of hydrogen-bond acceptors (Lipinski definition) is 5. The summed E-state index contributed by atoms with van der Waals surface area (Å²) in [5, 5.41) is 1.29. The maximum atomic E-state index is 11.4. The third-order valence-electron chi connectivity index (χ3n) is 3.04. The van der Waals surface area contributed by atoms with Gasteiger partial charge in [0, 0.05) is 12.5 Å². The van der Waals surface area contributed by atoms with Gasteiger partial charge in [0.05, 0.1) is 12.8 Å². The minimum atomic E-state index is -3.57. The molecule has 5 nitrogen and oxygen atoms in total. The van der Waals surface area contributed by atoms with Gasteiger partial charge in [0.15, 0.2) is 5.78 Å². The highest BCUT2D eigenvalue weighted by Gasteiger charge is 2.33. The highest BCUT2D eigenvalue weighted by molar-refractivity contribution is 7.85. The van der Waals surface area contributed by atoms with Gasteiger partial charge in [-0.15, -0.1) is 0 Å². The second-order valence-electron chi connectivity index (χ2n) is 4.77. The van der Waals surface area contributed by atoms with Gasteiger partial charge in [-0.3, -0.25) is 4.79 Å². The zero-order valence-corrected chi connectivity index (χ0v) is 11.6. The van der Waals surface area contributed by atoms with Gasteiger partial charge in [0.25, 0.3) is 10.1 Å². The molecule has 1 aliphatic rings. The van der Waals surface area contributed by atoms with E-state index in [-0.39, 0.29) is 18.4 Å². The summed E-state index contributed by atoms with van der Waals surface area (Å²) in [6.07, 6.45) is 2.83. The van der Waals surface area contributed by atoms with Gasteiger partial charge >= 0.3 is 0 Å². The van der Waals surface area contributed by atoms with Crippen molar-refractivity contribution in [1.29, 1.82) is 0 Å². The number of hydrogen-bond donors (Lipinski definition) is 0. The standard InChI is InChI=1S/C13H17NO4S/c1-19(16,17)18-14-10-13(15)9-12(14)8-7-11-5-3-2-4-6-11/h2-6,12H,7-10H2,1H3. The first-order valence-electron chi connectivity index (χ1n) is 6.16. The first-order chi connectivity index (χ1) is 8.94. The maximum absolute atomic E-state index is 11.4. The van der Waals surface area contributed by atoms with Crippen LogP contribution < -0.4 is 0 Å². The fraction of sp³-hybridized carbons (Fsp3) is 0.462. The number of carbonyl (C=O) groups is 1. The molecule has 6 heteroatoms. The molecule has 2 rings (SSSR count). The summed E-state index contributed by atoms with van der Waals surface area (Å²) in [4.78, 5) is 11.4. The van der Waals surface area contributed by atoms with Gasteiger partial charge in [0.1, 0.15) is 0 Å². The molecule has 1 heterocycles. The van der Waals surface area contributed by atoms with Crippen molar-refractivity contribution < 1.29 is 17.5 Å². The van der Waals surface area contributed by atoms with E-state index in [2.05, 4.69) is 0 Å². The monoisotopic (exact) mass is 283 g/mol. The van der Waals surface area contributed by atoms with Crippen LogP contribution in [0.25, 0.3) is 0 Å². The molecule has 0 amide bonds. The number of Topliss-reactive ketones (excluding diaryl/α,β-unsaturated/α-hetero) is 1. The predicted molar refractivity (Wildman–Crippen MR) is 70.8 cm³/mol. The number of benzene rings is 1. The van der Waals surface area contributed by atoms with E-state index in [1.165, 1.54) is 10.6 Å². The van der Waals surface area contributed by atoms with Crippen LogP contribution in [0.15, 0.2) is 30.3 Å². The van der Waals surface area contributed by atoms with Crippen LogP contribution in [0.2, 0.25) is 0 Å². The molecule has 1 aromatic rings. The summed E-state index contributed by atoms with van der Waals surface area (Å²) < 4.78 is 27.1. The van der Waals surface area contributed by atoms with E-state index in [4.69, 9.17) is 4.28 Å². The lowest BCUT2D eigenvalue weighted by Gasteiger charge is -2.20. The number of nitrogens with zero attached hydrogens (tertiary/aromatic N) is 1. The normalized spacial score (nSPS) is 20.9. The van der Waals surface area contributed by atoms with Gasteiger partial charge in [-0.25, -0.2) is 0 Å². The van der Waals surface area contributed by atoms with Gasteiger partial charge in [0.2, 0.25) is 0 Å². The van der Waals surface area contributed by atoms with Crippen molar-refractivity contribution in [2.45, 2.75) is 25.3 Å². The van der Waals surface area contributed by atoms with Crippen LogP contribution in [0, 0.1) is 0 Å². The molecule has 0 aliphatic carbocycles. The Bertz CT molecular complexity index is 541. The third kappa shape index (κ3) is 4.41. The average molecular weight is 283 g/mol. The topological polar surface area (TPSA) is 63.7 Å².